The number of hydrogen-bond donors (Lipinski definition) is 1. The van der Waals surface area contributed by atoms with E-state index in [1.54, 1.807) is 11.1 Å². The molecule has 0 spiro atoms. The maximum Gasteiger partial charge on any atom is 0.228 e. The molecular formula is C7H7BrClN3O. The zero-order valence-corrected chi connectivity index (χ0v) is 8.97. The fourth-order valence-electron chi connectivity index (χ4n) is 1.35. The standard InChI is InChI=1S/C7H7BrClN3O/c8-4-1-6(13)12(3-4)5-2-10-11-7(5)9/h2,4H,1,3H2,(H,10,11). The van der Waals surface area contributed by atoms with E-state index in [-0.39, 0.29) is 10.7 Å². The zero-order chi connectivity index (χ0) is 9.42. The quantitative estimate of drug-likeness (QED) is 0.783. The van der Waals surface area contributed by atoms with Crippen molar-refractivity contribution < 1.29 is 4.79 Å². The second kappa shape index (κ2) is 3.31. The van der Waals surface area contributed by atoms with Gasteiger partial charge >= 0.3 is 0 Å². The minimum Gasteiger partial charge on any atom is -0.307 e. The van der Waals surface area contributed by atoms with Gasteiger partial charge in [0.1, 0.15) is 10.8 Å². The SMILES string of the molecule is O=C1CC(Br)CN1c1cn[nH]c1Cl. The molecule has 1 saturated heterocycles. The van der Waals surface area contributed by atoms with E-state index in [4.69, 9.17) is 11.6 Å². The Kier molecular flexibility index (Phi) is 2.29. The predicted octanol–water partition coefficient (Wildman–Crippen LogP) is 1.56. The van der Waals surface area contributed by atoms with Crippen molar-refractivity contribution in [1.29, 1.82) is 0 Å². The van der Waals surface area contributed by atoms with Crippen LogP contribution in [0.5, 0.6) is 0 Å². The molecule has 0 radical (unpaired) electrons. The summed E-state index contributed by atoms with van der Waals surface area (Å²) in [6, 6.07) is 0. The van der Waals surface area contributed by atoms with Gasteiger partial charge in [0.15, 0.2) is 0 Å². The lowest BCUT2D eigenvalue weighted by molar-refractivity contribution is -0.117. The Bertz CT molecular complexity index is 340. The van der Waals surface area contributed by atoms with Crippen LogP contribution in [0.2, 0.25) is 5.15 Å². The molecule has 2 rings (SSSR count). The van der Waals surface area contributed by atoms with E-state index in [0.717, 1.165) is 0 Å². The molecule has 6 heteroatoms. The van der Waals surface area contributed by atoms with E-state index in [9.17, 15) is 4.79 Å². The zero-order valence-electron chi connectivity index (χ0n) is 6.63. The number of carbonyl (C=O) groups excluding carboxylic acids is 1. The number of nitrogens with one attached hydrogen (secondary N) is 1. The molecule has 2 heterocycles. The third kappa shape index (κ3) is 1.58. The smallest absolute Gasteiger partial charge is 0.228 e. The Balaban J connectivity index is 2.27. The Morgan fingerprint density at radius 1 is 1.77 bits per heavy atom. The van der Waals surface area contributed by atoms with Crippen LogP contribution in [0.15, 0.2) is 6.20 Å². The highest BCUT2D eigenvalue weighted by Crippen LogP contribution is 2.29. The van der Waals surface area contributed by atoms with E-state index in [2.05, 4.69) is 26.1 Å². The highest BCUT2D eigenvalue weighted by atomic mass is 79.9. The monoisotopic (exact) mass is 263 g/mol. The molecule has 0 aliphatic carbocycles. The molecule has 13 heavy (non-hydrogen) atoms. The first-order chi connectivity index (χ1) is 6.18. The van der Waals surface area contributed by atoms with Crippen LogP contribution in [0, 0.1) is 0 Å². The molecular weight excluding hydrogens is 257 g/mol. The maximum absolute atomic E-state index is 11.4. The number of aromatic amines is 1. The summed E-state index contributed by atoms with van der Waals surface area (Å²) in [6.07, 6.45) is 2.08. The molecule has 1 N–H and O–H groups in total. The van der Waals surface area contributed by atoms with Crippen LogP contribution in [0.1, 0.15) is 6.42 Å². The van der Waals surface area contributed by atoms with Crippen molar-refractivity contribution in [3.63, 3.8) is 0 Å². The van der Waals surface area contributed by atoms with Gasteiger partial charge in [-0.3, -0.25) is 9.89 Å². The van der Waals surface area contributed by atoms with Crippen molar-refractivity contribution in [2.24, 2.45) is 0 Å². The summed E-state index contributed by atoms with van der Waals surface area (Å²) in [7, 11) is 0. The lowest BCUT2D eigenvalue weighted by Crippen LogP contribution is -2.24. The molecule has 1 atom stereocenters. The topological polar surface area (TPSA) is 49.0 Å². The van der Waals surface area contributed by atoms with Gasteiger partial charge in [0.05, 0.1) is 6.20 Å². The largest absolute Gasteiger partial charge is 0.307 e. The molecule has 1 aromatic heterocycles. The van der Waals surface area contributed by atoms with Gasteiger partial charge in [-0.1, -0.05) is 27.5 Å². The van der Waals surface area contributed by atoms with Crippen LogP contribution in [0.4, 0.5) is 5.69 Å². The molecule has 0 saturated carbocycles. The summed E-state index contributed by atoms with van der Waals surface area (Å²) >= 11 is 9.20. The van der Waals surface area contributed by atoms with Crippen molar-refractivity contribution in [3.8, 4) is 0 Å². The Labute approximate surface area is 88.4 Å². The number of anilines is 1. The number of hydrogen-bond acceptors (Lipinski definition) is 2. The lowest BCUT2D eigenvalue weighted by Gasteiger charge is -2.12. The first-order valence-electron chi connectivity index (χ1n) is 3.82. The highest BCUT2D eigenvalue weighted by Gasteiger charge is 2.30. The number of rotatable bonds is 1. The first-order valence-corrected chi connectivity index (χ1v) is 5.11. The molecule has 4 nitrogen and oxygen atoms in total. The number of carbonyl (C=O) groups is 1. The molecule has 1 aromatic rings. The van der Waals surface area contributed by atoms with Gasteiger partial charge in [0.25, 0.3) is 0 Å². The molecule has 1 aliphatic rings. The maximum atomic E-state index is 11.4. The van der Waals surface area contributed by atoms with Gasteiger partial charge in [-0.15, -0.1) is 0 Å². The number of alkyl halides is 1. The fourth-order valence-corrected chi connectivity index (χ4v) is 2.12. The molecule has 1 amide bonds. The number of aromatic nitrogens is 2. The summed E-state index contributed by atoms with van der Waals surface area (Å²) in [5.74, 6) is 0.0742. The summed E-state index contributed by atoms with van der Waals surface area (Å²) < 4.78 is 0. The summed E-state index contributed by atoms with van der Waals surface area (Å²) in [4.78, 5) is 13.3. The van der Waals surface area contributed by atoms with Crippen LogP contribution < -0.4 is 4.90 Å². The Morgan fingerprint density at radius 2 is 2.54 bits per heavy atom. The summed E-state index contributed by atoms with van der Waals surface area (Å²) in [6.45, 7) is 0.651. The third-order valence-electron chi connectivity index (χ3n) is 1.94. The first kappa shape index (κ1) is 9.02. The molecule has 0 aromatic carbocycles. The van der Waals surface area contributed by atoms with E-state index in [0.29, 0.717) is 23.8 Å². The molecule has 0 bridgehead atoms. The van der Waals surface area contributed by atoms with Crippen molar-refractivity contribution in [1.82, 2.24) is 10.2 Å². The van der Waals surface area contributed by atoms with E-state index >= 15 is 0 Å². The van der Waals surface area contributed by atoms with Crippen LogP contribution in [0.25, 0.3) is 0 Å². The van der Waals surface area contributed by atoms with Gasteiger partial charge in [0.2, 0.25) is 5.91 Å². The predicted molar refractivity (Wildman–Crippen MR) is 53.3 cm³/mol. The summed E-state index contributed by atoms with van der Waals surface area (Å²) in [5.41, 5.74) is 0.661. The molecule has 1 aliphatic heterocycles. The average Bonchev–Trinajstić information content (AvgIpc) is 2.58. The fraction of sp³-hybridized carbons (Fsp3) is 0.429. The van der Waals surface area contributed by atoms with E-state index < -0.39 is 0 Å². The van der Waals surface area contributed by atoms with Gasteiger partial charge in [-0.05, 0) is 0 Å². The lowest BCUT2D eigenvalue weighted by atomic mass is 10.4. The number of H-pyrrole nitrogens is 1. The van der Waals surface area contributed by atoms with Crippen LogP contribution >= 0.6 is 27.5 Å². The van der Waals surface area contributed by atoms with Crippen LogP contribution in [-0.4, -0.2) is 27.5 Å². The van der Waals surface area contributed by atoms with Crippen molar-refractivity contribution >= 4 is 39.1 Å². The van der Waals surface area contributed by atoms with Gasteiger partial charge in [0, 0.05) is 17.8 Å². The third-order valence-corrected chi connectivity index (χ3v) is 2.83. The number of amides is 1. The Morgan fingerprint density at radius 3 is 3.00 bits per heavy atom. The Hall–Kier alpha value is -0.550. The van der Waals surface area contributed by atoms with E-state index in [1.165, 1.54) is 0 Å². The van der Waals surface area contributed by atoms with Crippen LogP contribution in [0.3, 0.4) is 0 Å². The summed E-state index contributed by atoms with van der Waals surface area (Å²) in [5, 5.41) is 6.76. The van der Waals surface area contributed by atoms with Crippen molar-refractivity contribution in [2.45, 2.75) is 11.2 Å². The van der Waals surface area contributed by atoms with Crippen molar-refractivity contribution in [3.05, 3.63) is 11.3 Å². The molecule has 1 unspecified atom stereocenters. The van der Waals surface area contributed by atoms with Crippen LogP contribution in [-0.2, 0) is 4.79 Å². The van der Waals surface area contributed by atoms with Gasteiger partial charge in [-0.2, -0.15) is 5.10 Å². The molecule has 1 fully saturated rings. The van der Waals surface area contributed by atoms with Crippen molar-refractivity contribution in [2.75, 3.05) is 11.4 Å². The highest BCUT2D eigenvalue weighted by molar-refractivity contribution is 9.09. The molecule has 70 valence electrons. The van der Waals surface area contributed by atoms with Gasteiger partial charge in [-0.25, -0.2) is 0 Å². The normalized spacial score (nSPS) is 22.8. The second-order valence-corrected chi connectivity index (χ2v) is 4.55. The number of halogens is 2. The minimum atomic E-state index is 0.0742. The van der Waals surface area contributed by atoms with Gasteiger partial charge < -0.3 is 4.90 Å². The minimum absolute atomic E-state index is 0.0742. The average molecular weight is 265 g/mol. The second-order valence-electron chi connectivity index (χ2n) is 2.87. The number of nitrogens with zero attached hydrogens (tertiary/aromatic N) is 2. The van der Waals surface area contributed by atoms with E-state index in [1.807, 2.05) is 0 Å².